The molecule has 0 bridgehead atoms. The Hall–Kier alpha value is -0.980. The Morgan fingerprint density at radius 3 is 2.61 bits per heavy atom. The molecule has 1 aliphatic carbocycles. The molecule has 0 spiro atoms. The van der Waals surface area contributed by atoms with Gasteiger partial charge in [-0.2, -0.15) is 0 Å². The number of carbonyl (C=O) groups is 2. The topological polar surface area (TPSA) is 118 Å². The zero-order valence-corrected chi connectivity index (χ0v) is 10.8. The maximum atomic E-state index is 11.6. The van der Waals surface area contributed by atoms with E-state index >= 15 is 0 Å². The van der Waals surface area contributed by atoms with Crippen molar-refractivity contribution >= 4 is 11.7 Å². The van der Waals surface area contributed by atoms with E-state index in [0.29, 0.717) is 19.4 Å². The summed E-state index contributed by atoms with van der Waals surface area (Å²) in [6.07, 6.45) is 1.92. The number of aliphatic hydroxyl groups is 1. The summed E-state index contributed by atoms with van der Waals surface area (Å²) in [6, 6.07) is -0.244. The lowest BCUT2D eigenvalue weighted by molar-refractivity contribution is -0.134. The molecule has 1 fully saturated rings. The first-order valence-electron chi connectivity index (χ1n) is 6.41. The third-order valence-corrected chi connectivity index (χ3v) is 3.59. The van der Waals surface area contributed by atoms with Crippen LogP contribution in [0, 0.1) is 11.8 Å². The van der Waals surface area contributed by atoms with Crippen molar-refractivity contribution in [1.82, 2.24) is 5.32 Å². The van der Waals surface area contributed by atoms with Crippen molar-refractivity contribution in [2.45, 2.75) is 44.9 Å². The molecule has 0 radical (unpaired) electrons. The number of aliphatic hydroxyl groups excluding tert-OH is 1. The highest BCUT2D eigenvalue weighted by molar-refractivity contribution is 5.87. The fourth-order valence-corrected chi connectivity index (χ4v) is 2.73. The summed E-state index contributed by atoms with van der Waals surface area (Å²) in [5.41, 5.74) is 10.8. The van der Waals surface area contributed by atoms with Crippen LogP contribution < -0.4 is 16.8 Å². The average molecular weight is 257 g/mol. The normalized spacial score (nSPS) is 29.8. The Morgan fingerprint density at radius 1 is 1.44 bits per heavy atom. The van der Waals surface area contributed by atoms with E-state index in [-0.39, 0.29) is 17.7 Å². The van der Waals surface area contributed by atoms with Crippen LogP contribution in [-0.4, -0.2) is 35.6 Å². The summed E-state index contributed by atoms with van der Waals surface area (Å²) in [4.78, 5) is 23.1. The van der Waals surface area contributed by atoms with Gasteiger partial charge in [0.2, 0.25) is 5.91 Å². The number of hydrogen-bond donors (Lipinski definition) is 4. The molecule has 6 heteroatoms. The summed E-state index contributed by atoms with van der Waals surface area (Å²) in [5.74, 6) is -1.37. The van der Waals surface area contributed by atoms with Gasteiger partial charge in [0.15, 0.2) is 0 Å². The predicted octanol–water partition coefficient (Wildman–Crippen LogP) is -0.898. The van der Waals surface area contributed by atoms with Gasteiger partial charge in [-0.25, -0.2) is 0 Å². The fourth-order valence-electron chi connectivity index (χ4n) is 2.73. The van der Waals surface area contributed by atoms with E-state index in [1.165, 1.54) is 6.92 Å². The van der Waals surface area contributed by atoms with Gasteiger partial charge >= 0.3 is 0 Å². The van der Waals surface area contributed by atoms with Gasteiger partial charge in [-0.3, -0.25) is 14.9 Å². The summed E-state index contributed by atoms with van der Waals surface area (Å²) >= 11 is 0. The van der Waals surface area contributed by atoms with Crippen LogP contribution in [0.2, 0.25) is 0 Å². The van der Waals surface area contributed by atoms with E-state index in [2.05, 4.69) is 5.32 Å². The van der Waals surface area contributed by atoms with Crippen LogP contribution in [0.25, 0.3) is 0 Å². The molecule has 6 nitrogen and oxygen atoms in total. The highest BCUT2D eigenvalue weighted by Gasteiger charge is 2.39. The number of amides is 1. The zero-order valence-electron chi connectivity index (χ0n) is 10.8. The summed E-state index contributed by atoms with van der Waals surface area (Å²) < 4.78 is 0. The number of nitrogens with two attached hydrogens (primary N) is 2. The largest absolute Gasteiger partial charge is 0.379 e. The summed E-state index contributed by atoms with van der Waals surface area (Å²) in [7, 11) is 0. The molecule has 1 rings (SSSR count). The average Bonchev–Trinajstić information content (AvgIpc) is 2.28. The number of nitrogens with one attached hydrogen (secondary N) is 1. The van der Waals surface area contributed by atoms with Gasteiger partial charge in [0.05, 0.1) is 5.92 Å². The lowest BCUT2D eigenvalue weighted by Crippen LogP contribution is -2.53. The number of Topliss-reactive ketones (excluding diaryl/α,β-unsaturated/α-hetero) is 1. The minimum atomic E-state index is -0.757. The standard InChI is InChI=1S/C12H23N3O3/c1-7(16)8-3-2-4-9(11(8)12(14)18)15-10(17)5-6-13/h8-11,15,17H,2-6,13H2,1H3,(H2,14,18)/t8-,9?,10?,11+/m0/s1. The van der Waals surface area contributed by atoms with Crippen molar-refractivity contribution in [3.8, 4) is 0 Å². The molecule has 0 aromatic carbocycles. The smallest absolute Gasteiger partial charge is 0.222 e. The maximum absolute atomic E-state index is 11.6. The van der Waals surface area contributed by atoms with E-state index in [4.69, 9.17) is 11.5 Å². The number of carbonyl (C=O) groups excluding carboxylic acids is 2. The van der Waals surface area contributed by atoms with Gasteiger partial charge in [0.1, 0.15) is 12.0 Å². The van der Waals surface area contributed by atoms with Crippen LogP contribution in [0.4, 0.5) is 0 Å². The molecule has 1 amide bonds. The van der Waals surface area contributed by atoms with Crippen LogP contribution in [0.1, 0.15) is 32.6 Å². The van der Waals surface area contributed by atoms with Gasteiger partial charge in [-0.05, 0) is 32.7 Å². The van der Waals surface area contributed by atoms with Crippen molar-refractivity contribution in [1.29, 1.82) is 0 Å². The van der Waals surface area contributed by atoms with Crippen molar-refractivity contribution in [2.24, 2.45) is 23.3 Å². The Labute approximate surface area is 107 Å². The SMILES string of the molecule is CC(=O)[C@@H]1CCCC(NC(O)CCN)[C@@H]1C(N)=O. The quantitative estimate of drug-likeness (QED) is 0.460. The lowest BCUT2D eigenvalue weighted by atomic mass is 9.73. The molecule has 18 heavy (non-hydrogen) atoms. The summed E-state index contributed by atoms with van der Waals surface area (Å²) in [5, 5.41) is 12.7. The molecule has 6 N–H and O–H groups in total. The van der Waals surface area contributed by atoms with Crippen molar-refractivity contribution in [3.63, 3.8) is 0 Å². The van der Waals surface area contributed by atoms with E-state index in [1.807, 2.05) is 0 Å². The Morgan fingerprint density at radius 2 is 2.11 bits per heavy atom. The van der Waals surface area contributed by atoms with E-state index in [1.54, 1.807) is 0 Å². The molecule has 104 valence electrons. The van der Waals surface area contributed by atoms with Crippen LogP contribution in [0.15, 0.2) is 0 Å². The molecule has 4 atom stereocenters. The third kappa shape index (κ3) is 3.76. The lowest BCUT2D eigenvalue weighted by Gasteiger charge is -2.36. The van der Waals surface area contributed by atoms with E-state index in [9.17, 15) is 14.7 Å². The number of primary amides is 1. The van der Waals surface area contributed by atoms with Gasteiger partial charge in [0, 0.05) is 12.0 Å². The van der Waals surface area contributed by atoms with Gasteiger partial charge in [-0.1, -0.05) is 6.42 Å². The Balaban J connectivity index is 2.74. The van der Waals surface area contributed by atoms with Gasteiger partial charge < -0.3 is 16.6 Å². The summed E-state index contributed by atoms with van der Waals surface area (Å²) in [6.45, 7) is 1.84. The van der Waals surface area contributed by atoms with Crippen LogP contribution in [-0.2, 0) is 9.59 Å². The van der Waals surface area contributed by atoms with Crippen molar-refractivity contribution in [2.75, 3.05) is 6.54 Å². The second-order valence-electron chi connectivity index (χ2n) is 4.94. The van der Waals surface area contributed by atoms with E-state index < -0.39 is 18.1 Å². The monoisotopic (exact) mass is 257 g/mol. The molecule has 0 aromatic rings. The molecule has 0 aliphatic heterocycles. The molecule has 0 saturated heterocycles. The molecule has 0 heterocycles. The second-order valence-corrected chi connectivity index (χ2v) is 4.94. The number of ketones is 1. The van der Waals surface area contributed by atoms with Gasteiger partial charge in [0.25, 0.3) is 0 Å². The number of hydrogen-bond acceptors (Lipinski definition) is 5. The first-order valence-corrected chi connectivity index (χ1v) is 6.41. The van der Waals surface area contributed by atoms with Crippen molar-refractivity contribution < 1.29 is 14.7 Å². The molecular weight excluding hydrogens is 234 g/mol. The highest BCUT2D eigenvalue weighted by Crippen LogP contribution is 2.31. The third-order valence-electron chi connectivity index (χ3n) is 3.59. The van der Waals surface area contributed by atoms with Crippen LogP contribution in [0.3, 0.4) is 0 Å². The Bertz CT molecular complexity index is 309. The minimum absolute atomic E-state index is 0.0152. The first kappa shape index (κ1) is 15.1. The Kier molecular flexibility index (Phi) is 5.71. The molecule has 1 aliphatic rings. The highest BCUT2D eigenvalue weighted by atomic mass is 16.3. The van der Waals surface area contributed by atoms with E-state index in [0.717, 1.165) is 12.8 Å². The molecule has 1 saturated carbocycles. The maximum Gasteiger partial charge on any atom is 0.222 e. The second kappa shape index (κ2) is 6.82. The fraction of sp³-hybridized carbons (Fsp3) is 0.833. The number of rotatable bonds is 6. The van der Waals surface area contributed by atoms with Gasteiger partial charge in [-0.15, -0.1) is 0 Å². The predicted molar refractivity (Wildman–Crippen MR) is 67.3 cm³/mol. The zero-order chi connectivity index (χ0) is 13.7. The first-order chi connectivity index (χ1) is 8.47. The van der Waals surface area contributed by atoms with Crippen LogP contribution in [0.5, 0.6) is 0 Å². The van der Waals surface area contributed by atoms with Crippen LogP contribution >= 0.6 is 0 Å². The molecule has 2 unspecified atom stereocenters. The minimum Gasteiger partial charge on any atom is -0.379 e. The molecule has 0 aromatic heterocycles. The van der Waals surface area contributed by atoms with Crippen molar-refractivity contribution in [3.05, 3.63) is 0 Å². The molecular formula is C12H23N3O3.